The standard InChI is InChI=1S/C23H28N6/c1-2-10-20-19(9-1)27-22(28-20)15-29(13-5-8-18-14-24-16-26-18)21-11-3-6-17-7-4-12-25-23(17)21/h1-2,4,7,9-10,12,14,21,24,26H,3,5-6,8,11,13,15-16H2,(H,27,28). The van der Waals surface area contributed by atoms with Crippen LogP contribution in [0.25, 0.3) is 11.0 Å². The maximum absolute atomic E-state index is 4.84. The number of para-hydroxylation sites is 2. The highest BCUT2D eigenvalue weighted by Crippen LogP contribution is 2.34. The van der Waals surface area contributed by atoms with Crippen molar-refractivity contribution in [2.45, 2.75) is 44.7 Å². The molecule has 0 fully saturated rings. The number of aryl methyl sites for hydroxylation is 1. The van der Waals surface area contributed by atoms with Crippen LogP contribution in [0, 0.1) is 0 Å². The Labute approximate surface area is 171 Å². The zero-order chi connectivity index (χ0) is 19.5. The molecular weight excluding hydrogens is 360 g/mol. The average molecular weight is 389 g/mol. The Morgan fingerprint density at radius 1 is 1.14 bits per heavy atom. The van der Waals surface area contributed by atoms with Gasteiger partial charge < -0.3 is 15.6 Å². The summed E-state index contributed by atoms with van der Waals surface area (Å²) in [6.45, 7) is 2.69. The van der Waals surface area contributed by atoms with Gasteiger partial charge in [0.25, 0.3) is 0 Å². The van der Waals surface area contributed by atoms with Gasteiger partial charge in [0.2, 0.25) is 0 Å². The number of H-pyrrole nitrogens is 1. The van der Waals surface area contributed by atoms with Crippen molar-refractivity contribution in [2.75, 3.05) is 13.2 Å². The lowest BCUT2D eigenvalue weighted by Gasteiger charge is -2.34. The lowest BCUT2D eigenvalue weighted by molar-refractivity contribution is 0.160. The molecule has 2 aromatic heterocycles. The third kappa shape index (κ3) is 3.98. The van der Waals surface area contributed by atoms with Gasteiger partial charge in [0.1, 0.15) is 5.82 Å². The Balaban J connectivity index is 1.38. The molecule has 0 saturated heterocycles. The van der Waals surface area contributed by atoms with Gasteiger partial charge >= 0.3 is 0 Å². The van der Waals surface area contributed by atoms with E-state index in [4.69, 9.17) is 9.97 Å². The number of imidazole rings is 1. The van der Waals surface area contributed by atoms with Gasteiger partial charge in [0.05, 0.1) is 36.0 Å². The van der Waals surface area contributed by atoms with E-state index in [0.29, 0.717) is 6.04 Å². The van der Waals surface area contributed by atoms with Gasteiger partial charge in [0, 0.05) is 18.1 Å². The first-order valence-corrected chi connectivity index (χ1v) is 10.6. The molecule has 6 nitrogen and oxygen atoms in total. The van der Waals surface area contributed by atoms with E-state index in [9.17, 15) is 0 Å². The van der Waals surface area contributed by atoms with Gasteiger partial charge in [-0.05, 0) is 62.4 Å². The van der Waals surface area contributed by atoms with Gasteiger partial charge in [0.15, 0.2) is 0 Å². The summed E-state index contributed by atoms with van der Waals surface area (Å²) in [6.07, 6.45) is 9.73. The van der Waals surface area contributed by atoms with Gasteiger partial charge in [-0.2, -0.15) is 0 Å². The smallest absolute Gasteiger partial charge is 0.121 e. The van der Waals surface area contributed by atoms with Gasteiger partial charge in [-0.1, -0.05) is 18.2 Å². The Morgan fingerprint density at radius 3 is 3.00 bits per heavy atom. The van der Waals surface area contributed by atoms with Crippen molar-refractivity contribution in [3.63, 3.8) is 0 Å². The second kappa shape index (κ2) is 8.25. The summed E-state index contributed by atoms with van der Waals surface area (Å²) in [7, 11) is 0. The van der Waals surface area contributed by atoms with E-state index < -0.39 is 0 Å². The molecule has 0 bridgehead atoms. The van der Waals surface area contributed by atoms with Crippen molar-refractivity contribution in [3.8, 4) is 0 Å². The highest BCUT2D eigenvalue weighted by atomic mass is 15.2. The molecule has 0 amide bonds. The van der Waals surface area contributed by atoms with E-state index in [1.165, 1.54) is 23.4 Å². The second-order valence-electron chi connectivity index (χ2n) is 7.96. The van der Waals surface area contributed by atoms with Crippen LogP contribution in [0.4, 0.5) is 0 Å². The van der Waals surface area contributed by atoms with Crippen molar-refractivity contribution in [1.29, 1.82) is 0 Å². The predicted octanol–water partition coefficient (Wildman–Crippen LogP) is 3.61. The maximum Gasteiger partial charge on any atom is 0.121 e. The maximum atomic E-state index is 4.84. The first kappa shape index (κ1) is 18.2. The number of hydrogen-bond acceptors (Lipinski definition) is 5. The molecule has 1 aliphatic heterocycles. The molecule has 150 valence electrons. The van der Waals surface area contributed by atoms with Gasteiger partial charge in [-0.25, -0.2) is 4.98 Å². The Morgan fingerprint density at radius 2 is 2.10 bits per heavy atom. The normalized spacial score (nSPS) is 18.4. The Hall–Kier alpha value is -2.86. The fraction of sp³-hybridized carbons (Fsp3) is 0.391. The summed E-state index contributed by atoms with van der Waals surface area (Å²) >= 11 is 0. The van der Waals surface area contributed by atoms with E-state index in [1.807, 2.05) is 12.3 Å². The van der Waals surface area contributed by atoms with Gasteiger partial charge in [-0.15, -0.1) is 0 Å². The molecule has 6 heteroatoms. The van der Waals surface area contributed by atoms with Crippen LogP contribution in [0.3, 0.4) is 0 Å². The van der Waals surface area contributed by atoms with Crippen LogP contribution in [-0.4, -0.2) is 33.1 Å². The largest absolute Gasteiger partial charge is 0.372 e. The number of nitrogens with one attached hydrogen (secondary N) is 3. The molecule has 1 aromatic carbocycles. The molecule has 1 aliphatic carbocycles. The van der Waals surface area contributed by atoms with Crippen LogP contribution in [0.2, 0.25) is 0 Å². The van der Waals surface area contributed by atoms with Crippen LogP contribution in [-0.2, 0) is 13.0 Å². The van der Waals surface area contributed by atoms with E-state index in [-0.39, 0.29) is 0 Å². The molecule has 1 unspecified atom stereocenters. The lowest BCUT2D eigenvalue weighted by atomic mass is 9.90. The molecule has 3 aromatic rings. The highest BCUT2D eigenvalue weighted by molar-refractivity contribution is 5.74. The molecule has 5 rings (SSSR count). The van der Waals surface area contributed by atoms with Crippen molar-refractivity contribution >= 4 is 11.0 Å². The summed E-state index contributed by atoms with van der Waals surface area (Å²) in [5.74, 6) is 1.04. The molecular formula is C23H28N6. The molecule has 0 radical (unpaired) electrons. The topological polar surface area (TPSA) is 68.9 Å². The Kier molecular flexibility index (Phi) is 5.17. The Bertz CT molecular complexity index is 974. The van der Waals surface area contributed by atoms with Crippen molar-refractivity contribution in [2.24, 2.45) is 0 Å². The number of rotatable bonds is 7. The molecule has 3 N–H and O–H groups in total. The number of nitrogens with zero attached hydrogens (tertiary/aromatic N) is 3. The number of aromatic amines is 1. The SMILES string of the molecule is C1=C(CCCN(Cc2nc3ccccc3[nH]2)C2CCCc3cccnc32)NCN1. The van der Waals surface area contributed by atoms with E-state index >= 15 is 0 Å². The van der Waals surface area contributed by atoms with Crippen molar-refractivity contribution in [1.82, 2.24) is 30.5 Å². The zero-order valence-corrected chi connectivity index (χ0v) is 16.7. The van der Waals surface area contributed by atoms with Crippen LogP contribution in [0.5, 0.6) is 0 Å². The van der Waals surface area contributed by atoms with E-state index in [0.717, 1.165) is 62.3 Å². The fourth-order valence-electron chi connectivity index (χ4n) is 4.58. The number of hydrogen-bond donors (Lipinski definition) is 3. The van der Waals surface area contributed by atoms with Gasteiger partial charge in [-0.3, -0.25) is 9.88 Å². The number of pyridine rings is 1. The van der Waals surface area contributed by atoms with E-state index in [1.54, 1.807) is 0 Å². The minimum Gasteiger partial charge on any atom is -0.372 e. The zero-order valence-electron chi connectivity index (χ0n) is 16.7. The minimum atomic E-state index is 0.358. The molecule has 2 aliphatic rings. The summed E-state index contributed by atoms with van der Waals surface area (Å²) in [5.41, 5.74) is 6.11. The van der Waals surface area contributed by atoms with Crippen molar-refractivity contribution in [3.05, 3.63) is 71.6 Å². The van der Waals surface area contributed by atoms with Crippen LogP contribution >= 0.6 is 0 Å². The van der Waals surface area contributed by atoms with Crippen LogP contribution in [0.1, 0.15) is 48.8 Å². The minimum absolute atomic E-state index is 0.358. The first-order valence-electron chi connectivity index (χ1n) is 10.6. The number of allylic oxidation sites excluding steroid dienone is 1. The second-order valence-corrected chi connectivity index (χ2v) is 7.96. The average Bonchev–Trinajstić information content (AvgIpc) is 3.42. The predicted molar refractivity (Wildman–Crippen MR) is 115 cm³/mol. The van der Waals surface area contributed by atoms with E-state index in [2.05, 4.69) is 57.0 Å². The van der Waals surface area contributed by atoms with Crippen LogP contribution in [0.15, 0.2) is 54.5 Å². The highest BCUT2D eigenvalue weighted by Gasteiger charge is 2.27. The summed E-state index contributed by atoms with van der Waals surface area (Å²) in [4.78, 5) is 15.7. The van der Waals surface area contributed by atoms with Crippen molar-refractivity contribution < 1.29 is 0 Å². The molecule has 0 saturated carbocycles. The number of fused-ring (bicyclic) bond motifs is 2. The third-order valence-corrected chi connectivity index (χ3v) is 5.98. The fourth-order valence-corrected chi connectivity index (χ4v) is 4.58. The lowest BCUT2D eigenvalue weighted by Crippen LogP contribution is -2.33. The quantitative estimate of drug-likeness (QED) is 0.577. The number of benzene rings is 1. The molecule has 3 heterocycles. The van der Waals surface area contributed by atoms with Crippen LogP contribution < -0.4 is 10.6 Å². The summed E-state index contributed by atoms with van der Waals surface area (Å²) in [6, 6.07) is 12.9. The number of aromatic nitrogens is 3. The molecule has 0 spiro atoms. The summed E-state index contributed by atoms with van der Waals surface area (Å²) in [5, 5.41) is 6.62. The third-order valence-electron chi connectivity index (χ3n) is 5.98. The molecule has 29 heavy (non-hydrogen) atoms. The monoisotopic (exact) mass is 388 g/mol. The summed E-state index contributed by atoms with van der Waals surface area (Å²) < 4.78 is 0. The molecule has 1 atom stereocenters. The first-order chi connectivity index (χ1) is 14.4.